The summed E-state index contributed by atoms with van der Waals surface area (Å²) in [4.78, 5) is 10.5. The van der Waals surface area contributed by atoms with E-state index in [1.54, 1.807) is 16.8 Å². The molecule has 7 nitrogen and oxygen atoms in total. The summed E-state index contributed by atoms with van der Waals surface area (Å²) in [5.41, 5.74) is 14.4. The summed E-state index contributed by atoms with van der Waals surface area (Å²) >= 11 is 0. The van der Waals surface area contributed by atoms with E-state index in [0.29, 0.717) is 22.7 Å². The van der Waals surface area contributed by atoms with E-state index in [2.05, 4.69) is 171 Å². The Labute approximate surface area is 350 Å². The van der Waals surface area contributed by atoms with Gasteiger partial charge >= 0.3 is 0 Å². The lowest BCUT2D eigenvalue weighted by Gasteiger charge is -2.22. The molecular formula is C52H45N5O2Si. The van der Waals surface area contributed by atoms with Crippen LogP contribution in [-0.4, -0.2) is 37.3 Å². The third kappa shape index (κ3) is 6.40. The summed E-state index contributed by atoms with van der Waals surface area (Å²) in [5.74, 6) is 0.638. The van der Waals surface area contributed by atoms with Gasteiger partial charge in [-0.2, -0.15) is 9.61 Å². The highest BCUT2D eigenvalue weighted by Gasteiger charge is 2.28. The van der Waals surface area contributed by atoms with Gasteiger partial charge in [-0.3, -0.25) is 9.55 Å². The number of aromatic hydroxyl groups is 1. The van der Waals surface area contributed by atoms with Gasteiger partial charge in [-0.15, -0.1) is 0 Å². The molecule has 0 saturated heterocycles. The molecule has 294 valence electrons. The summed E-state index contributed by atoms with van der Waals surface area (Å²) in [6.07, 6.45) is 3.61. The molecule has 4 aromatic heterocycles. The van der Waals surface area contributed by atoms with Crippen molar-refractivity contribution in [1.29, 1.82) is 0 Å². The third-order valence-electron chi connectivity index (χ3n) is 11.5. The number of fused-ring (bicyclic) bond motifs is 4. The molecule has 0 radical (unpaired) electrons. The predicted octanol–water partition coefficient (Wildman–Crippen LogP) is 12.7. The second-order valence-electron chi connectivity index (χ2n) is 17.6. The molecule has 60 heavy (non-hydrogen) atoms. The SMILES string of the molecule is CC(C)(C)c1cc(-c2cc(-c3ccccc3)ccn2)cc(-c2cccc3c2nc(-c2c(O)ccc4c2oc2ccnn24)n3-c2ccc([Si](C)(C)C)cc2-c2ccccc2)c1. The molecule has 6 aromatic carbocycles. The number of hydrogen-bond donors (Lipinski definition) is 1. The van der Waals surface area contributed by atoms with Crippen LogP contribution in [0.5, 0.6) is 5.75 Å². The first-order valence-electron chi connectivity index (χ1n) is 20.4. The van der Waals surface area contributed by atoms with Crippen LogP contribution in [0.4, 0.5) is 0 Å². The van der Waals surface area contributed by atoms with Gasteiger partial charge in [0.05, 0.1) is 36.7 Å². The molecular weight excluding hydrogens is 755 g/mol. The van der Waals surface area contributed by atoms with Crippen LogP contribution < -0.4 is 5.19 Å². The summed E-state index contributed by atoms with van der Waals surface area (Å²) in [5, 5.41) is 17.8. The minimum Gasteiger partial charge on any atom is -0.507 e. The molecule has 10 rings (SSSR count). The Hall–Kier alpha value is -7.03. The highest BCUT2D eigenvalue weighted by atomic mass is 28.3. The average molecular weight is 800 g/mol. The molecule has 0 unspecified atom stereocenters. The standard InChI is InChI=1S/C52H45N5O2Si/c1-52(2,3)38-29-36(28-37(30-38)42-31-35(24-26-53-42)33-14-9-7-10-15-33)40-18-13-19-44-49(40)55-51(48-46(58)23-22-45-50(48)59-47-25-27-54-57(45)47)56(44)43-21-20-39(60(4,5)6)32-41(43)34-16-11-8-12-17-34/h7-32,58H,1-6H3. The third-order valence-corrected chi connectivity index (χ3v) is 13.6. The van der Waals surface area contributed by atoms with E-state index in [1.807, 2.05) is 24.4 Å². The zero-order chi connectivity index (χ0) is 41.3. The van der Waals surface area contributed by atoms with E-state index in [9.17, 15) is 5.11 Å². The van der Waals surface area contributed by atoms with Crippen molar-refractivity contribution in [3.63, 3.8) is 0 Å². The van der Waals surface area contributed by atoms with Crippen LogP contribution in [0, 0.1) is 0 Å². The fourth-order valence-electron chi connectivity index (χ4n) is 8.25. The topological polar surface area (TPSA) is 81.4 Å². The maximum absolute atomic E-state index is 11.9. The second kappa shape index (κ2) is 14.1. The zero-order valence-electron chi connectivity index (χ0n) is 34.6. The van der Waals surface area contributed by atoms with E-state index in [-0.39, 0.29) is 11.2 Å². The van der Waals surface area contributed by atoms with Gasteiger partial charge in [0.15, 0.2) is 11.4 Å². The first-order valence-corrected chi connectivity index (χ1v) is 23.9. The normalized spacial score (nSPS) is 12.2. The molecule has 8 heteroatoms. The lowest BCUT2D eigenvalue weighted by molar-refractivity contribution is 0.476. The lowest BCUT2D eigenvalue weighted by Crippen LogP contribution is -2.37. The fraction of sp³-hybridized carbons (Fsp3) is 0.135. The Morgan fingerprint density at radius 3 is 2.12 bits per heavy atom. The molecule has 0 saturated carbocycles. The molecule has 0 spiro atoms. The van der Waals surface area contributed by atoms with Crippen molar-refractivity contribution in [2.75, 3.05) is 0 Å². The van der Waals surface area contributed by atoms with Gasteiger partial charge in [0, 0.05) is 29.0 Å². The number of rotatable bonds is 7. The van der Waals surface area contributed by atoms with Crippen LogP contribution >= 0.6 is 0 Å². The molecule has 4 heterocycles. The molecule has 1 N–H and O–H groups in total. The van der Waals surface area contributed by atoms with E-state index < -0.39 is 8.07 Å². The van der Waals surface area contributed by atoms with Gasteiger partial charge in [0.2, 0.25) is 5.71 Å². The van der Waals surface area contributed by atoms with E-state index in [0.717, 1.165) is 66.9 Å². The molecule has 10 aromatic rings. The molecule has 0 atom stereocenters. The van der Waals surface area contributed by atoms with Crippen molar-refractivity contribution in [3.05, 3.63) is 164 Å². The first-order chi connectivity index (χ1) is 28.9. The zero-order valence-corrected chi connectivity index (χ0v) is 35.6. The Morgan fingerprint density at radius 1 is 0.617 bits per heavy atom. The number of phenols is 1. The maximum Gasteiger partial charge on any atom is 0.222 e. The van der Waals surface area contributed by atoms with Crippen molar-refractivity contribution >= 4 is 41.1 Å². The summed E-state index contributed by atoms with van der Waals surface area (Å²) in [6.45, 7) is 13.9. The van der Waals surface area contributed by atoms with Crippen molar-refractivity contribution in [1.82, 2.24) is 24.1 Å². The Kier molecular flexibility index (Phi) is 8.73. The van der Waals surface area contributed by atoms with E-state index in [1.165, 1.54) is 10.8 Å². The molecule has 0 amide bonds. The second-order valence-corrected chi connectivity index (χ2v) is 22.7. The minimum absolute atomic E-state index is 0.0685. The molecule has 0 aliphatic carbocycles. The predicted molar refractivity (Wildman–Crippen MR) is 248 cm³/mol. The number of nitrogens with zero attached hydrogens (tertiary/aromatic N) is 5. The van der Waals surface area contributed by atoms with Gasteiger partial charge in [-0.05, 0) is 81.8 Å². The highest BCUT2D eigenvalue weighted by Crippen LogP contribution is 2.44. The van der Waals surface area contributed by atoms with Gasteiger partial charge in [0.25, 0.3) is 0 Å². The van der Waals surface area contributed by atoms with Crippen LogP contribution in [0.2, 0.25) is 19.6 Å². The first kappa shape index (κ1) is 37.3. The monoisotopic (exact) mass is 799 g/mol. The number of oxazole rings is 1. The number of imidazole rings is 1. The van der Waals surface area contributed by atoms with Crippen LogP contribution in [0.3, 0.4) is 0 Å². The van der Waals surface area contributed by atoms with Gasteiger partial charge in [-0.25, -0.2) is 4.98 Å². The molecule has 0 bridgehead atoms. The Balaban J connectivity index is 1.27. The average Bonchev–Trinajstić information content (AvgIpc) is 3.97. The van der Waals surface area contributed by atoms with Crippen molar-refractivity contribution in [3.8, 4) is 67.5 Å². The largest absolute Gasteiger partial charge is 0.507 e. The molecule has 0 aliphatic rings. The molecule has 0 fully saturated rings. The van der Waals surface area contributed by atoms with Crippen LogP contribution in [0.1, 0.15) is 26.3 Å². The quantitative estimate of drug-likeness (QED) is 0.162. The van der Waals surface area contributed by atoms with Crippen LogP contribution in [-0.2, 0) is 5.41 Å². The lowest BCUT2D eigenvalue weighted by atomic mass is 9.83. The number of hydrogen-bond acceptors (Lipinski definition) is 5. The fourth-order valence-corrected chi connectivity index (χ4v) is 9.41. The molecule has 0 aliphatic heterocycles. The van der Waals surface area contributed by atoms with Crippen molar-refractivity contribution in [2.45, 2.75) is 45.8 Å². The number of para-hydroxylation sites is 1. The smallest absolute Gasteiger partial charge is 0.222 e. The minimum atomic E-state index is -1.72. The summed E-state index contributed by atoms with van der Waals surface area (Å²) in [7, 11) is -1.72. The Bertz CT molecular complexity index is 3240. The summed E-state index contributed by atoms with van der Waals surface area (Å²) in [6, 6.07) is 50.6. The maximum atomic E-state index is 11.9. The number of aromatic nitrogens is 5. The van der Waals surface area contributed by atoms with Gasteiger partial charge < -0.3 is 9.52 Å². The summed E-state index contributed by atoms with van der Waals surface area (Å²) < 4.78 is 10.4. The highest BCUT2D eigenvalue weighted by molar-refractivity contribution is 6.88. The van der Waals surface area contributed by atoms with Crippen molar-refractivity contribution < 1.29 is 9.52 Å². The number of pyridine rings is 1. The van der Waals surface area contributed by atoms with E-state index in [4.69, 9.17) is 14.4 Å². The van der Waals surface area contributed by atoms with Crippen LogP contribution in [0.25, 0.3) is 89.6 Å². The van der Waals surface area contributed by atoms with Crippen molar-refractivity contribution in [2.24, 2.45) is 0 Å². The van der Waals surface area contributed by atoms with Gasteiger partial charge in [-0.1, -0.05) is 137 Å². The van der Waals surface area contributed by atoms with Crippen LogP contribution in [0.15, 0.2) is 162 Å². The number of phenolic OH excluding ortho intramolecular Hbond substituents is 1. The van der Waals surface area contributed by atoms with Gasteiger partial charge in [0.1, 0.15) is 16.8 Å². The van der Waals surface area contributed by atoms with E-state index >= 15 is 0 Å². The number of benzene rings is 6. The Morgan fingerprint density at radius 2 is 1.37 bits per heavy atom.